The van der Waals surface area contributed by atoms with Gasteiger partial charge in [-0.25, -0.2) is 4.79 Å². The number of benzene rings is 1. The molecule has 8 nitrogen and oxygen atoms in total. The number of nitrogens with zero attached hydrogens (tertiary/aromatic N) is 4. The molecule has 186 valence electrons. The first-order chi connectivity index (χ1) is 16.9. The van der Waals surface area contributed by atoms with Crippen molar-refractivity contribution < 1.29 is 19.0 Å². The summed E-state index contributed by atoms with van der Waals surface area (Å²) in [6, 6.07) is 17.6. The van der Waals surface area contributed by atoms with Gasteiger partial charge in [0, 0.05) is 50.2 Å². The Balaban J connectivity index is 1.20. The van der Waals surface area contributed by atoms with Crippen LogP contribution in [0.2, 0.25) is 0 Å². The fraction of sp³-hybridized carbons (Fsp3) is 0.444. The van der Waals surface area contributed by atoms with Gasteiger partial charge in [0.2, 0.25) is 11.8 Å². The van der Waals surface area contributed by atoms with Gasteiger partial charge in [0.05, 0.1) is 6.61 Å². The van der Waals surface area contributed by atoms with Gasteiger partial charge in [-0.2, -0.15) is 9.97 Å². The van der Waals surface area contributed by atoms with Crippen LogP contribution >= 0.6 is 0 Å². The summed E-state index contributed by atoms with van der Waals surface area (Å²) in [5.41, 5.74) is 1.23. The van der Waals surface area contributed by atoms with Crippen LogP contribution in [0, 0.1) is 0 Å². The highest BCUT2D eigenvalue weighted by atomic mass is 16.6. The predicted molar refractivity (Wildman–Crippen MR) is 135 cm³/mol. The number of hydrogen-bond acceptors (Lipinski definition) is 7. The number of amides is 1. The van der Waals surface area contributed by atoms with E-state index in [2.05, 4.69) is 14.9 Å². The summed E-state index contributed by atoms with van der Waals surface area (Å²) in [6.45, 7) is 10.6. The van der Waals surface area contributed by atoms with E-state index in [9.17, 15) is 4.79 Å². The monoisotopic (exact) mass is 478 g/mol. The van der Waals surface area contributed by atoms with Crippen molar-refractivity contribution in [2.24, 2.45) is 0 Å². The summed E-state index contributed by atoms with van der Waals surface area (Å²) in [7, 11) is 0. The van der Waals surface area contributed by atoms with Gasteiger partial charge in [-0.05, 0) is 44.9 Å². The van der Waals surface area contributed by atoms with E-state index in [1.54, 1.807) is 4.90 Å². The molecule has 1 aliphatic heterocycles. The predicted octanol–water partition coefficient (Wildman–Crippen LogP) is 4.53. The molecule has 1 aliphatic rings. The average molecular weight is 479 g/mol. The van der Waals surface area contributed by atoms with Crippen LogP contribution in [-0.2, 0) is 11.3 Å². The molecule has 1 fully saturated rings. The minimum atomic E-state index is -0.464. The van der Waals surface area contributed by atoms with Gasteiger partial charge >= 0.3 is 6.09 Å². The van der Waals surface area contributed by atoms with E-state index in [4.69, 9.17) is 14.2 Å². The van der Waals surface area contributed by atoms with Crippen LogP contribution < -0.4 is 9.47 Å². The molecule has 0 aliphatic carbocycles. The lowest BCUT2D eigenvalue weighted by atomic mass is 10.2. The number of pyridine rings is 2. The van der Waals surface area contributed by atoms with Gasteiger partial charge < -0.3 is 19.1 Å². The van der Waals surface area contributed by atoms with Gasteiger partial charge in [-0.15, -0.1) is 0 Å². The highest BCUT2D eigenvalue weighted by molar-refractivity contribution is 5.75. The Bertz CT molecular complexity index is 1110. The number of piperazine rings is 1. The van der Waals surface area contributed by atoms with Crippen LogP contribution in [0.15, 0.2) is 54.6 Å². The Labute approximate surface area is 206 Å². The quantitative estimate of drug-likeness (QED) is 0.440. The Morgan fingerprint density at radius 2 is 1.54 bits per heavy atom. The van der Waals surface area contributed by atoms with E-state index >= 15 is 0 Å². The fourth-order valence-electron chi connectivity index (χ4n) is 3.80. The van der Waals surface area contributed by atoms with Crippen molar-refractivity contribution in [1.29, 1.82) is 0 Å². The lowest BCUT2D eigenvalue weighted by Crippen LogP contribution is -2.50. The average Bonchev–Trinajstić information content (AvgIpc) is 2.85. The topological polar surface area (TPSA) is 77.0 Å². The van der Waals surface area contributed by atoms with Crippen molar-refractivity contribution in [3.8, 4) is 11.8 Å². The second kappa shape index (κ2) is 11.4. The first-order valence-corrected chi connectivity index (χ1v) is 12.1. The van der Waals surface area contributed by atoms with Gasteiger partial charge in [0.1, 0.15) is 12.2 Å². The first-order valence-electron chi connectivity index (χ1n) is 12.1. The van der Waals surface area contributed by atoms with E-state index < -0.39 is 5.60 Å². The third kappa shape index (κ3) is 7.55. The molecule has 0 spiro atoms. The van der Waals surface area contributed by atoms with E-state index in [0.29, 0.717) is 43.7 Å². The minimum Gasteiger partial charge on any atom is -0.478 e. The molecule has 3 heterocycles. The molecule has 35 heavy (non-hydrogen) atoms. The van der Waals surface area contributed by atoms with Crippen molar-refractivity contribution in [3.05, 3.63) is 60.2 Å². The Hall–Kier alpha value is -3.39. The molecule has 1 amide bonds. The van der Waals surface area contributed by atoms with Gasteiger partial charge in [0.15, 0.2) is 5.65 Å². The van der Waals surface area contributed by atoms with Gasteiger partial charge in [-0.3, -0.25) is 4.90 Å². The van der Waals surface area contributed by atoms with E-state index in [0.717, 1.165) is 37.0 Å². The zero-order valence-electron chi connectivity index (χ0n) is 20.8. The SMILES string of the molecule is CC(C)(C)OC(=O)N1CCN(CCCOc2ccc3ccc(OCc4ccccc4)nc3n2)CC1. The second-order valence-corrected chi connectivity index (χ2v) is 9.63. The first kappa shape index (κ1) is 24.7. The second-order valence-electron chi connectivity index (χ2n) is 9.63. The Morgan fingerprint density at radius 3 is 2.20 bits per heavy atom. The summed E-state index contributed by atoms with van der Waals surface area (Å²) < 4.78 is 17.2. The lowest BCUT2D eigenvalue weighted by molar-refractivity contribution is 0.0142. The maximum absolute atomic E-state index is 12.2. The number of carbonyl (C=O) groups excluding carboxylic acids is 1. The van der Waals surface area contributed by atoms with Crippen LogP contribution in [0.1, 0.15) is 32.8 Å². The van der Waals surface area contributed by atoms with E-state index in [-0.39, 0.29) is 6.09 Å². The molecule has 0 N–H and O–H groups in total. The summed E-state index contributed by atoms with van der Waals surface area (Å²) in [6.07, 6.45) is 0.643. The van der Waals surface area contributed by atoms with Crippen LogP contribution in [0.5, 0.6) is 11.8 Å². The van der Waals surface area contributed by atoms with Crippen LogP contribution in [-0.4, -0.2) is 70.8 Å². The molecule has 8 heteroatoms. The molecule has 3 aromatic rings. The Kier molecular flexibility index (Phi) is 8.02. The molecule has 0 unspecified atom stereocenters. The zero-order valence-corrected chi connectivity index (χ0v) is 20.8. The third-order valence-corrected chi connectivity index (χ3v) is 5.62. The summed E-state index contributed by atoms with van der Waals surface area (Å²) in [5, 5.41) is 0.937. The molecule has 0 atom stereocenters. The largest absolute Gasteiger partial charge is 0.478 e. The fourth-order valence-corrected chi connectivity index (χ4v) is 3.80. The zero-order chi connectivity index (χ0) is 24.7. The number of rotatable bonds is 8. The molecule has 2 aromatic heterocycles. The van der Waals surface area contributed by atoms with Crippen LogP contribution in [0.3, 0.4) is 0 Å². The molecule has 0 radical (unpaired) electrons. The van der Waals surface area contributed by atoms with Gasteiger partial charge in [0.25, 0.3) is 0 Å². The van der Waals surface area contributed by atoms with E-state index in [1.807, 2.05) is 75.4 Å². The van der Waals surface area contributed by atoms with Crippen molar-refractivity contribution in [2.75, 3.05) is 39.3 Å². The molecule has 0 saturated carbocycles. The normalized spacial score (nSPS) is 14.7. The smallest absolute Gasteiger partial charge is 0.410 e. The molecule has 4 rings (SSSR count). The Morgan fingerprint density at radius 1 is 0.886 bits per heavy atom. The molecule has 1 saturated heterocycles. The molecule has 0 bridgehead atoms. The standard InChI is InChI=1S/C27H34N4O4/c1-27(2,3)35-26(32)31-17-15-30(16-18-31)14-7-19-33-23-12-10-22-11-13-24(29-25(22)28-23)34-20-21-8-5-4-6-9-21/h4-6,8-13H,7,14-20H2,1-3H3. The minimum absolute atomic E-state index is 0.231. The number of fused-ring (bicyclic) bond motifs is 1. The van der Waals surface area contributed by atoms with Crippen LogP contribution in [0.4, 0.5) is 4.79 Å². The lowest BCUT2D eigenvalue weighted by Gasteiger charge is -2.35. The van der Waals surface area contributed by atoms with Crippen molar-refractivity contribution in [3.63, 3.8) is 0 Å². The maximum atomic E-state index is 12.2. The van der Waals surface area contributed by atoms with Crippen molar-refractivity contribution in [1.82, 2.24) is 19.8 Å². The highest BCUT2D eigenvalue weighted by Crippen LogP contribution is 2.19. The number of hydrogen-bond donors (Lipinski definition) is 0. The maximum Gasteiger partial charge on any atom is 0.410 e. The summed E-state index contributed by atoms with van der Waals surface area (Å²) in [4.78, 5) is 25.4. The molecular formula is C27H34N4O4. The third-order valence-electron chi connectivity index (χ3n) is 5.62. The number of aromatic nitrogens is 2. The van der Waals surface area contributed by atoms with E-state index in [1.165, 1.54) is 0 Å². The summed E-state index contributed by atoms with van der Waals surface area (Å²) in [5.74, 6) is 1.09. The number of ether oxygens (including phenoxy) is 3. The molecular weight excluding hydrogens is 444 g/mol. The van der Waals surface area contributed by atoms with Crippen molar-refractivity contribution >= 4 is 17.1 Å². The number of carbonyl (C=O) groups is 1. The molecule has 1 aromatic carbocycles. The summed E-state index contributed by atoms with van der Waals surface area (Å²) >= 11 is 0. The van der Waals surface area contributed by atoms with Crippen LogP contribution in [0.25, 0.3) is 11.0 Å². The van der Waals surface area contributed by atoms with Gasteiger partial charge in [-0.1, -0.05) is 30.3 Å². The van der Waals surface area contributed by atoms with Crippen molar-refractivity contribution in [2.45, 2.75) is 39.4 Å². The highest BCUT2D eigenvalue weighted by Gasteiger charge is 2.25.